The zero-order valence-corrected chi connectivity index (χ0v) is 17.6. The minimum Gasteiger partial charge on any atom is -0.494 e. The number of nitroso groups, excluding NO2 is 1. The summed E-state index contributed by atoms with van der Waals surface area (Å²) in [7, 11) is 5.54. The van der Waals surface area contributed by atoms with Gasteiger partial charge in [0.15, 0.2) is 5.69 Å². The average molecular weight is 401 g/mol. The number of piperidine rings is 1. The van der Waals surface area contributed by atoms with Crippen LogP contribution in [-0.4, -0.2) is 82.5 Å². The second-order valence-corrected chi connectivity index (χ2v) is 7.72. The van der Waals surface area contributed by atoms with E-state index in [-0.39, 0.29) is 5.69 Å². The van der Waals surface area contributed by atoms with Crippen LogP contribution >= 0.6 is 0 Å². The van der Waals surface area contributed by atoms with Gasteiger partial charge in [0.25, 0.3) is 0 Å². The monoisotopic (exact) mass is 400 g/mol. The average Bonchev–Trinajstić information content (AvgIpc) is 2.77. The molecule has 0 unspecified atom stereocenters. The summed E-state index contributed by atoms with van der Waals surface area (Å²) in [6, 6.07) is 4.27. The van der Waals surface area contributed by atoms with Gasteiger partial charge in [0.1, 0.15) is 5.75 Å². The summed E-state index contributed by atoms with van der Waals surface area (Å²) in [4.78, 5) is 18.6. The molecular formula is C21H32N6O2. The SMILES string of the molecule is CN/C=C(\C=N)c1cc(N=O)c(OC)cc1N1CCN(C2CCN(C)CC2)CC1. The van der Waals surface area contributed by atoms with Crippen molar-refractivity contribution < 1.29 is 4.74 Å². The number of anilines is 1. The Morgan fingerprint density at radius 3 is 2.45 bits per heavy atom. The zero-order valence-electron chi connectivity index (χ0n) is 17.6. The molecule has 8 nitrogen and oxygen atoms in total. The molecule has 158 valence electrons. The Morgan fingerprint density at radius 1 is 1.21 bits per heavy atom. The normalized spacial score (nSPS) is 19.8. The summed E-state index contributed by atoms with van der Waals surface area (Å²) in [5.41, 5.74) is 2.74. The van der Waals surface area contributed by atoms with E-state index in [2.05, 4.69) is 32.2 Å². The highest BCUT2D eigenvalue weighted by Gasteiger charge is 2.28. The topological polar surface area (TPSA) is 84.3 Å². The summed E-state index contributed by atoms with van der Waals surface area (Å²) in [5.74, 6) is 0.463. The fourth-order valence-corrected chi connectivity index (χ4v) is 4.33. The van der Waals surface area contributed by atoms with Gasteiger partial charge in [0.2, 0.25) is 0 Å². The van der Waals surface area contributed by atoms with Crippen molar-refractivity contribution in [3.05, 3.63) is 28.8 Å². The van der Waals surface area contributed by atoms with Crippen LogP contribution in [0.5, 0.6) is 5.75 Å². The highest BCUT2D eigenvalue weighted by Crippen LogP contribution is 2.38. The molecular weight excluding hydrogens is 368 g/mol. The lowest BCUT2D eigenvalue weighted by Gasteiger charge is -2.43. The van der Waals surface area contributed by atoms with E-state index in [4.69, 9.17) is 10.1 Å². The molecule has 2 N–H and O–H groups in total. The van der Waals surface area contributed by atoms with Gasteiger partial charge in [0.05, 0.1) is 7.11 Å². The maximum Gasteiger partial charge on any atom is 0.150 e. The van der Waals surface area contributed by atoms with E-state index >= 15 is 0 Å². The minimum absolute atomic E-state index is 0.250. The number of methoxy groups -OCH3 is 1. The fourth-order valence-electron chi connectivity index (χ4n) is 4.33. The van der Waals surface area contributed by atoms with Crippen molar-refractivity contribution in [2.45, 2.75) is 18.9 Å². The molecule has 8 heteroatoms. The molecule has 2 saturated heterocycles. The molecule has 0 atom stereocenters. The maximum absolute atomic E-state index is 11.3. The molecule has 0 aliphatic carbocycles. The highest BCUT2D eigenvalue weighted by molar-refractivity contribution is 6.11. The minimum atomic E-state index is 0.250. The van der Waals surface area contributed by atoms with Gasteiger partial charge >= 0.3 is 0 Å². The van der Waals surface area contributed by atoms with Crippen molar-refractivity contribution in [3.8, 4) is 5.75 Å². The number of benzene rings is 1. The molecule has 2 fully saturated rings. The number of nitrogens with zero attached hydrogens (tertiary/aromatic N) is 4. The lowest BCUT2D eigenvalue weighted by Crippen LogP contribution is -2.53. The van der Waals surface area contributed by atoms with Gasteiger partial charge in [-0.2, -0.15) is 0 Å². The van der Waals surface area contributed by atoms with Gasteiger partial charge in [-0.25, -0.2) is 0 Å². The van der Waals surface area contributed by atoms with Crippen molar-refractivity contribution in [1.82, 2.24) is 15.1 Å². The predicted molar refractivity (Wildman–Crippen MR) is 119 cm³/mol. The summed E-state index contributed by atoms with van der Waals surface area (Å²) in [6.07, 6.45) is 5.53. The van der Waals surface area contributed by atoms with Gasteiger partial charge in [-0.05, 0) is 44.2 Å². The van der Waals surface area contributed by atoms with E-state index in [9.17, 15) is 4.91 Å². The Labute approximate surface area is 173 Å². The molecule has 0 bridgehead atoms. The van der Waals surface area contributed by atoms with E-state index in [1.807, 2.05) is 6.07 Å². The first-order valence-corrected chi connectivity index (χ1v) is 10.2. The Bertz CT molecular complexity index is 750. The van der Waals surface area contributed by atoms with Crippen LogP contribution in [0.3, 0.4) is 0 Å². The third-order valence-corrected chi connectivity index (χ3v) is 6.02. The van der Waals surface area contributed by atoms with Gasteiger partial charge in [-0.1, -0.05) is 0 Å². The van der Waals surface area contributed by atoms with E-state index in [0.717, 1.165) is 37.4 Å². The zero-order chi connectivity index (χ0) is 20.8. The van der Waals surface area contributed by atoms with Crippen LogP contribution in [0.2, 0.25) is 0 Å². The van der Waals surface area contributed by atoms with Crippen LogP contribution in [0.25, 0.3) is 5.57 Å². The summed E-state index contributed by atoms with van der Waals surface area (Å²) < 4.78 is 5.39. The molecule has 3 rings (SSSR count). The van der Waals surface area contributed by atoms with Crippen molar-refractivity contribution >= 4 is 23.2 Å². The number of ether oxygens (including phenoxy) is 1. The van der Waals surface area contributed by atoms with Crippen molar-refractivity contribution in [3.63, 3.8) is 0 Å². The predicted octanol–water partition coefficient (Wildman–Crippen LogP) is 2.52. The number of likely N-dealkylation sites (tertiary alicyclic amines) is 1. The first-order valence-electron chi connectivity index (χ1n) is 10.2. The number of hydrogen-bond acceptors (Lipinski definition) is 8. The third-order valence-electron chi connectivity index (χ3n) is 6.02. The molecule has 1 aromatic carbocycles. The largest absolute Gasteiger partial charge is 0.494 e. The number of rotatable bonds is 7. The van der Waals surface area contributed by atoms with E-state index in [1.54, 1.807) is 26.4 Å². The summed E-state index contributed by atoms with van der Waals surface area (Å²) >= 11 is 0. The third kappa shape index (κ3) is 4.76. The van der Waals surface area contributed by atoms with Crippen molar-refractivity contribution in [2.75, 3.05) is 65.4 Å². The van der Waals surface area contributed by atoms with Crippen molar-refractivity contribution in [2.24, 2.45) is 5.18 Å². The first-order chi connectivity index (χ1) is 14.1. The molecule has 0 aromatic heterocycles. The van der Waals surface area contributed by atoms with Crippen LogP contribution in [0.1, 0.15) is 18.4 Å². The quantitative estimate of drug-likeness (QED) is 0.540. The number of allylic oxidation sites excluding steroid dienone is 1. The fraction of sp³-hybridized carbons (Fsp3) is 0.571. The molecule has 1 aromatic rings. The molecule has 29 heavy (non-hydrogen) atoms. The van der Waals surface area contributed by atoms with Crippen LogP contribution in [0, 0.1) is 10.3 Å². The molecule has 0 radical (unpaired) electrons. The number of nitrogens with one attached hydrogen (secondary N) is 2. The smallest absolute Gasteiger partial charge is 0.150 e. The second kappa shape index (κ2) is 9.84. The molecule has 0 saturated carbocycles. The number of hydrogen-bond donors (Lipinski definition) is 2. The van der Waals surface area contributed by atoms with E-state index in [1.165, 1.54) is 32.1 Å². The number of piperazine rings is 1. The highest BCUT2D eigenvalue weighted by atomic mass is 16.5. The van der Waals surface area contributed by atoms with Gasteiger partial charge in [-0.15, -0.1) is 4.91 Å². The molecule has 2 aliphatic heterocycles. The van der Waals surface area contributed by atoms with Crippen molar-refractivity contribution in [1.29, 1.82) is 5.41 Å². The Balaban J connectivity index is 1.83. The summed E-state index contributed by atoms with van der Waals surface area (Å²) in [5, 5.41) is 13.9. The van der Waals surface area contributed by atoms with Crippen LogP contribution in [0.4, 0.5) is 11.4 Å². The van der Waals surface area contributed by atoms with Crippen LogP contribution in [-0.2, 0) is 0 Å². The molecule has 2 heterocycles. The van der Waals surface area contributed by atoms with Gasteiger partial charge in [-0.3, -0.25) is 4.90 Å². The van der Waals surface area contributed by atoms with Crippen LogP contribution in [0.15, 0.2) is 23.5 Å². The lowest BCUT2D eigenvalue weighted by atomic mass is 10.0. The van der Waals surface area contributed by atoms with Crippen LogP contribution < -0.4 is 15.0 Å². The molecule has 0 spiro atoms. The molecule has 2 aliphatic rings. The van der Waals surface area contributed by atoms with E-state index in [0.29, 0.717) is 17.4 Å². The standard InChI is InChI=1S/C21H32N6O2/c1-23-15-16(14-22)18-12-19(24-28)21(29-3)13-20(18)27-10-8-26(9-11-27)17-4-6-25(2)7-5-17/h12-15,17,22-23H,4-11H2,1-3H3/b16-15+,22-14?. The Morgan fingerprint density at radius 2 is 1.90 bits per heavy atom. The summed E-state index contributed by atoms with van der Waals surface area (Å²) in [6.45, 7) is 6.18. The lowest BCUT2D eigenvalue weighted by molar-refractivity contribution is 0.115. The molecule has 0 amide bonds. The Hall–Kier alpha value is -2.45. The van der Waals surface area contributed by atoms with Gasteiger partial charge < -0.3 is 25.3 Å². The first kappa shape index (κ1) is 21.3. The second-order valence-electron chi connectivity index (χ2n) is 7.72. The van der Waals surface area contributed by atoms with Gasteiger partial charge in [0, 0.05) is 74.6 Å². The van der Waals surface area contributed by atoms with E-state index < -0.39 is 0 Å². The maximum atomic E-state index is 11.3. The Kier molecular flexibility index (Phi) is 7.22.